The Bertz CT molecular complexity index is 1280. The fourth-order valence-electron chi connectivity index (χ4n) is 4.09. The van der Waals surface area contributed by atoms with Gasteiger partial charge in [0, 0.05) is 55.1 Å². The number of hydrogen-bond donors (Lipinski definition) is 1. The van der Waals surface area contributed by atoms with Gasteiger partial charge in [0.2, 0.25) is 11.8 Å². The molecular formula is C22H22FN7O2. The van der Waals surface area contributed by atoms with Crippen molar-refractivity contribution in [1.82, 2.24) is 24.3 Å². The van der Waals surface area contributed by atoms with Crippen LogP contribution < -0.4 is 9.64 Å². The lowest BCUT2D eigenvalue weighted by atomic mass is 10.1. The third-order valence-electron chi connectivity index (χ3n) is 5.69. The summed E-state index contributed by atoms with van der Waals surface area (Å²) < 4.78 is 28.2. The summed E-state index contributed by atoms with van der Waals surface area (Å²) in [6.07, 6.45) is 4.89. The van der Waals surface area contributed by atoms with Gasteiger partial charge in [0.05, 0.1) is 25.0 Å². The Kier molecular flexibility index (Phi) is 5.06. The molecule has 1 saturated heterocycles. The van der Waals surface area contributed by atoms with Gasteiger partial charge in [-0.1, -0.05) is 0 Å². The van der Waals surface area contributed by atoms with Crippen LogP contribution in [0, 0.1) is 11.2 Å². The highest BCUT2D eigenvalue weighted by Gasteiger charge is 2.33. The van der Waals surface area contributed by atoms with Gasteiger partial charge in [-0.15, -0.1) is 10.2 Å². The summed E-state index contributed by atoms with van der Waals surface area (Å²) in [5, 5.41) is 17.1. The Morgan fingerprint density at radius 3 is 2.72 bits per heavy atom. The summed E-state index contributed by atoms with van der Waals surface area (Å²) in [6.45, 7) is 1.72. The van der Waals surface area contributed by atoms with Gasteiger partial charge < -0.3 is 24.4 Å². The van der Waals surface area contributed by atoms with Gasteiger partial charge in [0.15, 0.2) is 5.82 Å². The Morgan fingerprint density at radius 2 is 2.03 bits per heavy atom. The van der Waals surface area contributed by atoms with E-state index in [4.69, 9.17) is 14.9 Å². The van der Waals surface area contributed by atoms with Crippen molar-refractivity contribution in [3.05, 3.63) is 59.9 Å². The van der Waals surface area contributed by atoms with Gasteiger partial charge >= 0.3 is 0 Å². The molecule has 1 aliphatic heterocycles. The largest absolute Gasteiger partial charge is 0.481 e. The van der Waals surface area contributed by atoms with E-state index < -0.39 is 0 Å². The van der Waals surface area contributed by atoms with Crippen molar-refractivity contribution in [3.8, 4) is 11.6 Å². The standard InChI is InChI=1S/C22H22FN7O2/c1-31-13-20-26-27-22(30(20)16-4-6-21(32-2)25-9-16)28-11-17(12-28)29-10-14(8-24)18-7-15(23)3-5-19(18)29/h3-10,17,24H,11-13H2,1-2H3. The van der Waals surface area contributed by atoms with Crippen LogP contribution in [0.15, 0.2) is 42.7 Å². The zero-order valence-corrected chi connectivity index (χ0v) is 17.7. The van der Waals surface area contributed by atoms with Crippen LogP contribution in [0.1, 0.15) is 17.4 Å². The molecule has 1 N–H and O–H groups in total. The van der Waals surface area contributed by atoms with Gasteiger partial charge in [0.1, 0.15) is 12.4 Å². The first kappa shape index (κ1) is 20.1. The maximum atomic E-state index is 13.7. The lowest BCUT2D eigenvalue weighted by Crippen LogP contribution is -2.48. The van der Waals surface area contributed by atoms with Crippen LogP contribution in [0.25, 0.3) is 16.6 Å². The van der Waals surface area contributed by atoms with E-state index in [0.717, 1.165) is 16.6 Å². The molecule has 0 spiro atoms. The van der Waals surface area contributed by atoms with Gasteiger partial charge in [-0.2, -0.15) is 0 Å². The Labute approximate surface area is 183 Å². The zero-order valence-electron chi connectivity index (χ0n) is 17.7. The summed E-state index contributed by atoms with van der Waals surface area (Å²) >= 11 is 0. The average molecular weight is 435 g/mol. The molecule has 0 unspecified atom stereocenters. The molecule has 0 aliphatic carbocycles. The molecule has 1 aliphatic rings. The molecule has 5 rings (SSSR count). The minimum absolute atomic E-state index is 0.168. The van der Waals surface area contributed by atoms with Crippen molar-refractivity contribution < 1.29 is 13.9 Å². The predicted molar refractivity (Wildman–Crippen MR) is 117 cm³/mol. The average Bonchev–Trinajstić information content (AvgIpc) is 3.34. The van der Waals surface area contributed by atoms with Crippen molar-refractivity contribution in [2.45, 2.75) is 12.6 Å². The Hall–Kier alpha value is -3.79. The Balaban J connectivity index is 1.45. The van der Waals surface area contributed by atoms with Crippen LogP contribution in [-0.2, 0) is 11.3 Å². The number of hydrogen-bond acceptors (Lipinski definition) is 7. The molecule has 10 heteroatoms. The van der Waals surface area contributed by atoms with E-state index in [9.17, 15) is 4.39 Å². The van der Waals surface area contributed by atoms with Gasteiger partial charge in [0.25, 0.3) is 0 Å². The van der Waals surface area contributed by atoms with E-state index in [1.807, 2.05) is 16.8 Å². The first-order valence-corrected chi connectivity index (χ1v) is 10.1. The van der Waals surface area contributed by atoms with Crippen molar-refractivity contribution in [1.29, 1.82) is 5.41 Å². The molecule has 0 bridgehead atoms. The summed E-state index contributed by atoms with van der Waals surface area (Å²) in [4.78, 5) is 6.43. The van der Waals surface area contributed by atoms with Crippen LogP contribution in [0.2, 0.25) is 0 Å². The first-order chi connectivity index (χ1) is 15.6. The highest BCUT2D eigenvalue weighted by atomic mass is 19.1. The summed E-state index contributed by atoms with van der Waals surface area (Å²) in [7, 11) is 3.19. The monoisotopic (exact) mass is 435 g/mol. The molecule has 4 aromatic rings. The smallest absolute Gasteiger partial charge is 0.232 e. The SMILES string of the molecule is COCc1nnc(N2CC(n3cc(C=N)c4cc(F)ccc43)C2)n1-c1ccc(OC)nc1. The van der Waals surface area contributed by atoms with E-state index >= 15 is 0 Å². The molecule has 32 heavy (non-hydrogen) atoms. The molecule has 164 valence electrons. The van der Waals surface area contributed by atoms with Crippen LogP contribution >= 0.6 is 0 Å². The molecule has 1 fully saturated rings. The van der Waals surface area contributed by atoms with Gasteiger partial charge in [-0.3, -0.25) is 4.57 Å². The van der Waals surface area contributed by atoms with Crippen molar-refractivity contribution in [2.24, 2.45) is 0 Å². The maximum absolute atomic E-state index is 13.7. The van der Waals surface area contributed by atoms with Crippen molar-refractivity contribution in [2.75, 3.05) is 32.2 Å². The third-order valence-corrected chi connectivity index (χ3v) is 5.69. The number of fused-ring (bicyclic) bond motifs is 1. The highest BCUT2D eigenvalue weighted by Crippen LogP contribution is 2.33. The van der Waals surface area contributed by atoms with E-state index in [1.165, 1.54) is 18.3 Å². The lowest BCUT2D eigenvalue weighted by molar-refractivity contribution is 0.176. The van der Waals surface area contributed by atoms with E-state index in [0.29, 0.717) is 42.9 Å². The molecule has 4 heterocycles. The van der Waals surface area contributed by atoms with E-state index in [1.54, 1.807) is 32.5 Å². The third kappa shape index (κ3) is 3.28. The normalized spacial score (nSPS) is 14.0. The summed E-state index contributed by atoms with van der Waals surface area (Å²) in [5.74, 6) is 1.60. The van der Waals surface area contributed by atoms with Crippen molar-refractivity contribution >= 4 is 23.1 Å². The maximum Gasteiger partial charge on any atom is 0.232 e. The number of ether oxygens (including phenoxy) is 2. The number of benzene rings is 1. The summed E-state index contributed by atoms with van der Waals surface area (Å²) in [5.41, 5.74) is 2.43. The topological polar surface area (TPSA) is 94.1 Å². The van der Waals surface area contributed by atoms with Crippen molar-refractivity contribution in [3.63, 3.8) is 0 Å². The van der Waals surface area contributed by atoms with E-state index in [-0.39, 0.29) is 11.9 Å². The minimum atomic E-state index is -0.305. The number of anilines is 1. The second kappa shape index (κ2) is 8.04. The fraction of sp³-hybridized carbons (Fsp3) is 0.273. The summed E-state index contributed by atoms with van der Waals surface area (Å²) in [6, 6.07) is 8.56. The van der Waals surface area contributed by atoms with Crippen LogP contribution in [0.3, 0.4) is 0 Å². The molecule has 3 aromatic heterocycles. The van der Waals surface area contributed by atoms with Gasteiger partial charge in [-0.05, 0) is 24.3 Å². The Morgan fingerprint density at radius 1 is 1.19 bits per heavy atom. The second-order valence-electron chi connectivity index (χ2n) is 7.60. The molecule has 1 aromatic carbocycles. The molecular weight excluding hydrogens is 413 g/mol. The number of pyridine rings is 1. The van der Waals surface area contributed by atoms with Crippen LogP contribution in [0.5, 0.6) is 5.88 Å². The highest BCUT2D eigenvalue weighted by molar-refractivity contribution is 5.98. The number of aromatic nitrogens is 5. The zero-order chi connectivity index (χ0) is 22.2. The second-order valence-corrected chi connectivity index (χ2v) is 7.60. The van der Waals surface area contributed by atoms with Crippen LogP contribution in [0.4, 0.5) is 10.3 Å². The number of halogens is 1. The minimum Gasteiger partial charge on any atom is -0.481 e. The number of rotatable bonds is 7. The number of nitrogens with one attached hydrogen (secondary N) is 1. The van der Waals surface area contributed by atoms with Crippen LogP contribution in [-0.4, -0.2) is 57.8 Å². The number of nitrogens with zero attached hydrogens (tertiary/aromatic N) is 6. The lowest BCUT2D eigenvalue weighted by Gasteiger charge is -2.40. The molecule has 0 saturated carbocycles. The van der Waals surface area contributed by atoms with Gasteiger partial charge in [-0.25, -0.2) is 9.37 Å². The molecule has 0 radical (unpaired) electrons. The first-order valence-electron chi connectivity index (χ1n) is 10.1. The predicted octanol–water partition coefficient (Wildman–Crippen LogP) is 2.97. The number of methoxy groups -OCH3 is 2. The molecule has 0 atom stereocenters. The quantitative estimate of drug-likeness (QED) is 0.449. The fourth-order valence-corrected chi connectivity index (χ4v) is 4.09. The van der Waals surface area contributed by atoms with E-state index in [2.05, 4.69) is 24.6 Å². The molecule has 0 amide bonds. The molecule has 9 nitrogen and oxygen atoms in total.